The molecule has 3 rings (SSSR count). The second-order valence-corrected chi connectivity index (χ2v) is 9.03. The third kappa shape index (κ3) is 7.67. The van der Waals surface area contributed by atoms with E-state index in [9.17, 15) is 4.79 Å². The van der Waals surface area contributed by atoms with Crippen LogP contribution < -0.4 is 16.0 Å². The highest BCUT2D eigenvalue weighted by Crippen LogP contribution is 2.20. The number of piperidine rings is 1. The van der Waals surface area contributed by atoms with Gasteiger partial charge in [-0.3, -0.25) is 14.7 Å². The van der Waals surface area contributed by atoms with Crippen LogP contribution in [0.2, 0.25) is 0 Å². The van der Waals surface area contributed by atoms with E-state index >= 15 is 0 Å². The molecule has 0 aliphatic carbocycles. The molecule has 0 radical (unpaired) electrons. The van der Waals surface area contributed by atoms with Gasteiger partial charge in [-0.15, -0.1) is 11.3 Å². The smallest absolute Gasteiger partial charge is 0.251 e. The highest BCUT2D eigenvalue weighted by molar-refractivity contribution is 7.09. The Labute approximate surface area is 190 Å². The van der Waals surface area contributed by atoms with Crippen molar-refractivity contribution < 1.29 is 4.79 Å². The predicted molar refractivity (Wildman–Crippen MR) is 130 cm³/mol. The molecule has 1 atom stereocenters. The van der Waals surface area contributed by atoms with E-state index in [-0.39, 0.29) is 5.91 Å². The van der Waals surface area contributed by atoms with Crippen molar-refractivity contribution in [1.82, 2.24) is 20.9 Å². The first-order valence-electron chi connectivity index (χ1n) is 11.3. The monoisotopic (exact) mass is 441 g/mol. The summed E-state index contributed by atoms with van der Waals surface area (Å²) in [5, 5.41) is 11.6. The Morgan fingerprint density at radius 1 is 1.26 bits per heavy atom. The lowest BCUT2D eigenvalue weighted by Gasteiger charge is -2.31. The average Bonchev–Trinajstić information content (AvgIpc) is 3.30. The van der Waals surface area contributed by atoms with Gasteiger partial charge in [0.2, 0.25) is 0 Å². The van der Waals surface area contributed by atoms with Gasteiger partial charge in [0, 0.05) is 50.2 Å². The average molecular weight is 442 g/mol. The summed E-state index contributed by atoms with van der Waals surface area (Å²) in [4.78, 5) is 20.7. The van der Waals surface area contributed by atoms with Gasteiger partial charge in [-0.25, -0.2) is 0 Å². The number of nitrogens with one attached hydrogen (secondary N) is 3. The molecule has 1 aliphatic heterocycles. The van der Waals surface area contributed by atoms with E-state index < -0.39 is 0 Å². The first-order chi connectivity index (χ1) is 15.2. The number of hydrogen-bond acceptors (Lipinski definition) is 4. The molecular formula is C24H35N5OS. The molecule has 1 aliphatic rings. The first-order valence-corrected chi connectivity index (χ1v) is 12.1. The molecule has 3 N–H and O–H groups in total. The van der Waals surface area contributed by atoms with Crippen molar-refractivity contribution in [1.29, 1.82) is 0 Å². The lowest BCUT2D eigenvalue weighted by molar-refractivity contribution is 0.0963. The Hall–Kier alpha value is -2.38. The van der Waals surface area contributed by atoms with Crippen molar-refractivity contribution >= 4 is 23.2 Å². The molecule has 1 unspecified atom stereocenters. The van der Waals surface area contributed by atoms with E-state index in [1.165, 1.54) is 24.3 Å². The SMILES string of the molecule is CCNC(=NCC1CCCN(Cc2cccs2)C1)NCCc1cccc(C(=O)NC)c1. The predicted octanol–water partition coefficient (Wildman–Crippen LogP) is 3.12. The van der Waals surface area contributed by atoms with Crippen LogP contribution in [0.15, 0.2) is 46.8 Å². The minimum Gasteiger partial charge on any atom is -0.357 e. The van der Waals surface area contributed by atoms with Crippen molar-refractivity contribution in [2.45, 2.75) is 32.7 Å². The maximum absolute atomic E-state index is 11.8. The van der Waals surface area contributed by atoms with E-state index in [2.05, 4.69) is 51.4 Å². The number of hydrogen-bond donors (Lipinski definition) is 3. The molecule has 1 fully saturated rings. The molecule has 1 amide bonds. The summed E-state index contributed by atoms with van der Waals surface area (Å²) in [6.07, 6.45) is 3.33. The Bertz CT molecular complexity index is 836. The fourth-order valence-corrected chi connectivity index (χ4v) is 4.71. The van der Waals surface area contributed by atoms with Crippen molar-refractivity contribution in [2.24, 2.45) is 10.9 Å². The van der Waals surface area contributed by atoms with Crippen LogP contribution in [0.4, 0.5) is 0 Å². The van der Waals surface area contributed by atoms with Crippen LogP contribution in [0.1, 0.15) is 40.6 Å². The summed E-state index contributed by atoms with van der Waals surface area (Å²) in [5.74, 6) is 1.43. The quantitative estimate of drug-likeness (QED) is 0.413. The number of guanidine groups is 1. The second kappa shape index (κ2) is 12.5. The Kier molecular flexibility index (Phi) is 9.37. The van der Waals surface area contributed by atoms with Crippen LogP contribution in [0.3, 0.4) is 0 Å². The van der Waals surface area contributed by atoms with Crippen molar-refractivity contribution in [2.75, 3.05) is 39.8 Å². The molecule has 1 aromatic heterocycles. The summed E-state index contributed by atoms with van der Waals surface area (Å²) < 4.78 is 0. The van der Waals surface area contributed by atoms with Crippen molar-refractivity contribution in [3.05, 3.63) is 57.8 Å². The molecule has 2 aromatic rings. The van der Waals surface area contributed by atoms with Gasteiger partial charge in [0.25, 0.3) is 5.91 Å². The number of nitrogens with zero attached hydrogens (tertiary/aromatic N) is 2. The zero-order valence-electron chi connectivity index (χ0n) is 18.7. The largest absolute Gasteiger partial charge is 0.357 e. The number of likely N-dealkylation sites (tertiary alicyclic amines) is 1. The topological polar surface area (TPSA) is 68.8 Å². The van der Waals surface area contributed by atoms with Crippen molar-refractivity contribution in [3.63, 3.8) is 0 Å². The minimum absolute atomic E-state index is 0.0506. The summed E-state index contributed by atoms with van der Waals surface area (Å²) >= 11 is 1.84. The lowest BCUT2D eigenvalue weighted by Crippen LogP contribution is -2.40. The normalized spacial score (nSPS) is 17.4. The fourth-order valence-electron chi connectivity index (χ4n) is 3.97. The molecule has 1 saturated heterocycles. The first kappa shape index (κ1) is 23.3. The van der Waals surface area contributed by atoms with Gasteiger partial charge < -0.3 is 16.0 Å². The van der Waals surface area contributed by atoms with Crippen LogP contribution in [-0.4, -0.2) is 56.5 Å². The number of benzene rings is 1. The molecule has 168 valence electrons. The summed E-state index contributed by atoms with van der Waals surface area (Å²) in [5.41, 5.74) is 1.84. The second-order valence-electron chi connectivity index (χ2n) is 8.00. The Morgan fingerprint density at radius 3 is 2.94 bits per heavy atom. The number of carbonyl (C=O) groups is 1. The Balaban J connectivity index is 1.47. The van der Waals surface area contributed by atoms with E-state index in [4.69, 9.17) is 4.99 Å². The highest BCUT2D eigenvalue weighted by Gasteiger charge is 2.20. The molecule has 2 heterocycles. The van der Waals surface area contributed by atoms with E-state index in [0.29, 0.717) is 11.5 Å². The molecule has 31 heavy (non-hydrogen) atoms. The van der Waals surface area contributed by atoms with Crippen molar-refractivity contribution in [3.8, 4) is 0 Å². The van der Waals surface area contributed by atoms with Gasteiger partial charge in [0.1, 0.15) is 0 Å². The number of amides is 1. The zero-order valence-corrected chi connectivity index (χ0v) is 19.5. The van der Waals surface area contributed by atoms with Gasteiger partial charge >= 0.3 is 0 Å². The van der Waals surface area contributed by atoms with Crippen LogP contribution in [0.5, 0.6) is 0 Å². The van der Waals surface area contributed by atoms with Gasteiger partial charge in [-0.1, -0.05) is 18.2 Å². The van der Waals surface area contributed by atoms with E-state index in [0.717, 1.165) is 50.7 Å². The molecule has 0 spiro atoms. The highest BCUT2D eigenvalue weighted by atomic mass is 32.1. The maximum atomic E-state index is 11.8. The van der Waals surface area contributed by atoms with Gasteiger partial charge in [0.05, 0.1) is 0 Å². The van der Waals surface area contributed by atoms with Gasteiger partial charge in [-0.05, 0) is 67.8 Å². The lowest BCUT2D eigenvalue weighted by atomic mass is 9.98. The molecule has 6 nitrogen and oxygen atoms in total. The number of thiophene rings is 1. The summed E-state index contributed by atoms with van der Waals surface area (Å²) in [6.45, 7) is 7.92. The minimum atomic E-state index is -0.0506. The number of aliphatic imine (C=N–C) groups is 1. The molecule has 7 heteroatoms. The molecular weight excluding hydrogens is 406 g/mol. The van der Waals surface area contributed by atoms with E-state index in [1.807, 2.05) is 29.5 Å². The van der Waals surface area contributed by atoms with Crippen LogP contribution in [0.25, 0.3) is 0 Å². The fraction of sp³-hybridized carbons (Fsp3) is 0.500. The summed E-state index contributed by atoms with van der Waals surface area (Å²) in [6, 6.07) is 12.1. The number of carbonyl (C=O) groups excluding carboxylic acids is 1. The van der Waals surface area contributed by atoms with Crippen LogP contribution >= 0.6 is 11.3 Å². The third-order valence-electron chi connectivity index (χ3n) is 5.54. The van der Waals surface area contributed by atoms with Gasteiger partial charge in [-0.2, -0.15) is 0 Å². The zero-order chi connectivity index (χ0) is 21.9. The molecule has 0 bridgehead atoms. The van der Waals surface area contributed by atoms with E-state index in [1.54, 1.807) is 7.05 Å². The molecule has 0 saturated carbocycles. The standard InChI is InChI=1S/C24H35N5OS/c1-3-26-24(27-12-11-19-7-4-9-21(15-19)23(30)25-2)28-16-20-8-5-13-29(17-20)18-22-10-6-14-31-22/h4,6-7,9-10,14-15,20H,3,5,8,11-13,16-18H2,1-2H3,(H,25,30)(H2,26,27,28). The third-order valence-corrected chi connectivity index (χ3v) is 6.40. The maximum Gasteiger partial charge on any atom is 0.251 e. The van der Waals surface area contributed by atoms with Crippen LogP contribution in [0, 0.1) is 5.92 Å². The Morgan fingerprint density at radius 2 is 2.16 bits per heavy atom. The summed E-state index contributed by atoms with van der Waals surface area (Å²) in [7, 11) is 1.66. The molecule has 1 aromatic carbocycles. The van der Waals surface area contributed by atoms with Crippen LogP contribution in [-0.2, 0) is 13.0 Å². The van der Waals surface area contributed by atoms with Gasteiger partial charge in [0.15, 0.2) is 5.96 Å². The number of rotatable bonds is 9.